The van der Waals surface area contributed by atoms with Gasteiger partial charge in [-0.25, -0.2) is 0 Å². The van der Waals surface area contributed by atoms with Crippen molar-refractivity contribution in [3.8, 4) is 19.5 Å². The van der Waals surface area contributed by atoms with E-state index in [4.69, 9.17) is 10.4 Å². The average molecular weight is 447 g/mol. The SMILES string of the molecule is CCCCc1c(-c2ccc(C=NO)s2)sc(-c2ccc(C=NO)s2)c1CCCC. The highest BCUT2D eigenvalue weighted by Crippen LogP contribution is 2.47. The molecule has 0 radical (unpaired) electrons. The molecule has 0 atom stereocenters. The third-order valence-corrected chi connectivity index (χ3v) is 8.42. The van der Waals surface area contributed by atoms with Crippen LogP contribution in [0.3, 0.4) is 0 Å². The van der Waals surface area contributed by atoms with Crippen LogP contribution < -0.4 is 0 Å². The second kappa shape index (κ2) is 10.7. The minimum Gasteiger partial charge on any atom is -0.411 e. The quantitative estimate of drug-likeness (QED) is 0.192. The largest absolute Gasteiger partial charge is 0.411 e. The molecule has 0 saturated heterocycles. The molecule has 7 heteroatoms. The van der Waals surface area contributed by atoms with E-state index >= 15 is 0 Å². The fourth-order valence-corrected chi connectivity index (χ4v) is 6.76. The van der Waals surface area contributed by atoms with Crippen molar-refractivity contribution >= 4 is 46.4 Å². The van der Waals surface area contributed by atoms with Gasteiger partial charge in [0.2, 0.25) is 0 Å². The molecule has 29 heavy (non-hydrogen) atoms. The predicted molar refractivity (Wildman–Crippen MR) is 127 cm³/mol. The zero-order valence-electron chi connectivity index (χ0n) is 16.7. The van der Waals surface area contributed by atoms with Crippen molar-refractivity contribution in [1.82, 2.24) is 0 Å². The molecular weight excluding hydrogens is 420 g/mol. The normalized spacial score (nSPS) is 11.9. The first-order valence-corrected chi connectivity index (χ1v) is 12.4. The van der Waals surface area contributed by atoms with Crippen LogP contribution in [0.1, 0.15) is 60.4 Å². The van der Waals surface area contributed by atoms with E-state index in [1.54, 1.807) is 22.7 Å². The number of unbranched alkanes of at least 4 members (excludes halogenated alkanes) is 2. The average Bonchev–Trinajstić information content (AvgIpc) is 3.44. The van der Waals surface area contributed by atoms with Gasteiger partial charge in [0.05, 0.1) is 12.4 Å². The summed E-state index contributed by atoms with van der Waals surface area (Å²) < 4.78 is 0. The van der Waals surface area contributed by atoms with Crippen molar-refractivity contribution < 1.29 is 10.4 Å². The van der Waals surface area contributed by atoms with E-state index in [0.717, 1.165) is 22.6 Å². The van der Waals surface area contributed by atoms with Gasteiger partial charge in [0, 0.05) is 29.3 Å². The van der Waals surface area contributed by atoms with E-state index in [0.29, 0.717) is 0 Å². The van der Waals surface area contributed by atoms with Crippen molar-refractivity contribution in [2.75, 3.05) is 0 Å². The van der Waals surface area contributed by atoms with E-state index in [1.807, 2.05) is 23.5 Å². The lowest BCUT2D eigenvalue weighted by Gasteiger charge is -2.08. The molecule has 0 aromatic carbocycles. The lowest BCUT2D eigenvalue weighted by atomic mass is 9.97. The molecule has 2 N–H and O–H groups in total. The van der Waals surface area contributed by atoms with Gasteiger partial charge in [-0.3, -0.25) is 0 Å². The van der Waals surface area contributed by atoms with E-state index in [2.05, 4.69) is 36.3 Å². The minimum atomic E-state index is 0.951. The van der Waals surface area contributed by atoms with Crippen molar-refractivity contribution in [2.24, 2.45) is 10.3 Å². The maximum absolute atomic E-state index is 8.86. The Kier molecular flexibility index (Phi) is 8.03. The molecule has 154 valence electrons. The van der Waals surface area contributed by atoms with E-state index in [-0.39, 0.29) is 0 Å². The molecule has 0 fully saturated rings. The molecule has 0 saturated carbocycles. The Balaban J connectivity index is 2.13. The summed E-state index contributed by atoms with van der Waals surface area (Å²) in [6.45, 7) is 4.47. The van der Waals surface area contributed by atoms with Gasteiger partial charge in [0.1, 0.15) is 0 Å². The fraction of sp³-hybridized carbons (Fsp3) is 0.364. The molecule has 4 nitrogen and oxygen atoms in total. The van der Waals surface area contributed by atoms with E-state index in [9.17, 15) is 0 Å². The summed E-state index contributed by atoms with van der Waals surface area (Å²) in [6.07, 6.45) is 9.83. The highest BCUT2D eigenvalue weighted by molar-refractivity contribution is 7.27. The Morgan fingerprint density at radius 2 is 1.17 bits per heavy atom. The van der Waals surface area contributed by atoms with Gasteiger partial charge in [0.15, 0.2) is 0 Å². The number of hydrogen-bond acceptors (Lipinski definition) is 7. The first-order chi connectivity index (χ1) is 14.2. The van der Waals surface area contributed by atoms with Crippen LogP contribution in [-0.4, -0.2) is 22.8 Å². The van der Waals surface area contributed by atoms with Crippen LogP contribution in [0.4, 0.5) is 0 Å². The molecule has 0 aliphatic rings. The topological polar surface area (TPSA) is 65.2 Å². The zero-order chi connectivity index (χ0) is 20.6. The summed E-state index contributed by atoms with van der Waals surface area (Å²) in [4.78, 5) is 7.04. The zero-order valence-corrected chi connectivity index (χ0v) is 19.2. The number of oxime groups is 2. The summed E-state index contributed by atoms with van der Waals surface area (Å²) >= 11 is 5.19. The van der Waals surface area contributed by atoms with Crippen molar-refractivity contribution in [3.05, 3.63) is 45.1 Å². The Morgan fingerprint density at radius 3 is 1.55 bits per heavy atom. The molecule has 3 rings (SSSR count). The molecular formula is C22H26N2O2S3. The van der Waals surface area contributed by atoms with Gasteiger partial charge in [-0.1, -0.05) is 37.0 Å². The van der Waals surface area contributed by atoms with Crippen LogP contribution in [0.15, 0.2) is 34.6 Å². The molecule has 0 unspecified atom stereocenters. The predicted octanol–water partition coefficient (Wildman–Crippen LogP) is 7.51. The molecule has 0 aliphatic carbocycles. The van der Waals surface area contributed by atoms with E-state index in [1.165, 1.54) is 68.7 Å². The van der Waals surface area contributed by atoms with Gasteiger partial charge in [-0.05, 0) is 61.1 Å². The van der Waals surface area contributed by atoms with Gasteiger partial charge >= 0.3 is 0 Å². The molecule has 0 aliphatic heterocycles. The Morgan fingerprint density at radius 1 is 0.724 bits per heavy atom. The summed E-state index contributed by atoms with van der Waals surface area (Å²) in [5, 5.41) is 24.1. The van der Waals surface area contributed by atoms with Gasteiger partial charge in [0.25, 0.3) is 0 Å². The third-order valence-electron chi connectivity index (χ3n) is 4.75. The Labute approximate surface area is 183 Å². The maximum atomic E-state index is 8.86. The second-order valence-electron chi connectivity index (χ2n) is 6.82. The number of nitrogens with zero attached hydrogens (tertiary/aromatic N) is 2. The first kappa shape index (κ1) is 21.7. The van der Waals surface area contributed by atoms with Crippen LogP contribution in [0.25, 0.3) is 19.5 Å². The Bertz CT molecular complexity index is 906. The maximum Gasteiger partial charge on any atom is 0.0833 e. The lowest BCUT2D eigenvalue weighted by Crippen LogP contribution is -1.94. The molecule has 3 aromatic rings. The minimum absolute atomic E-state index is 0.951. The van der Waals surface area contributed by atoms with Crippen LogP contribution in [0.5, 0.6) is 0 Å². The molecule has 0 spiro atoms. The fourth-order valence-electron chi connectivity index (χ4n) is 3.34. The highest BCUT2D eigenvalue weighted by atomic mass is 32.1. The summed E-state index contributed by atoms with van der Waals surface area (Å²) in [5.74, 6) is 0. The van der Waals surface area contributed by atoms with Crippen molar-refractivity contribution in [2.45, 2.75) is 52.4 Å². The number of hydrogen-bond donors (Lipinski definition) is 2. The number of rotatable bonds is 10. The Hall–Kier alpha value is -1.96. The highest BCUT2D eigenvalue weighted by Gasteiger charge is 2.21. The molecule has 0 amide bonds. The van der Waals surface area contributed by atoms with Gasteiger partial charge in [-0.15, -0.1) is 34.0 Å². The van der Waals surface area contributed by atoms with Crippen molar-refractivity contribution in [3.63, 3.8) is 0 Å². The molecule has 3 heterocycles. The van der Waals surface area contributed by atoms with Crippen LogP contribution in [0.2, 0.25) is 0 Å². The number of thiophene rings is 3. The third kappa shape index (κ3) is 5.15. The first-order valence-electron chi connectivity index (χ1n) is 9.91. The van der Waals surface area contributed by atoms with Crippen LogP contribution in [0, 0.1) is 0 Å². The smallest absolute Gasteiger partial charge is 0.0833 e. The monoisotopic (exact) mass is 446 g/mol. The second-order valence-corrected chi connectivity index (χ2v) is 10.1. The molecule has 3 aromatic heterocycles. The summed E-state index contributed by atoms with van der Waals surface area (Å²) in [7, 11) is 0. The standard InChI is InChI=1S/C22H26N2O2S3/c1-3-5-7-17-18(8-6-4-2)22(20-12-10-16(28-20)14-24-26)29-21(17)19-11-9-15(27-19)13-23-25/h9-14,25-26H,3-8H2,1-2H3. The van der Waals surface area contributed by atoms with Gasteiger partial charge < -0.3 is 10.4 Å². The summed E-state index contributed by atoms with van der Waals surface area (Å²) in [5.41, 5.74) is 2.95. The molecule has 0 bridgehead atoms. The lowest BCUT2D eigenvalue weighted by molar-refractivity contribution is 0.321. The van der Waals surface area contributed by atoms with Crippen molar-refractivity contribution in [1.29, 1.82) is 0 Å². The van der Waals surface area contributed by atoms with Crippen LogP contribution in [-0.2, 0) is 12.8 Å². The van der Waals surface area contributed by atoms with Crippen LogP contribution >= 0.6 is 34.0 Å². The van der Waals surface area contributed by atoms with E-state index < -0.39 is 0 Å². The van der Waals surface area contributed by atoms with Gasteiger partial charge in [-0.2, -0.15) is 0 Å². The summed E-state index contributed by atoms with van der Waals surface area (Å²) in [6, 6.07) is 8.29.